The number of ketones is 2. The molecule has 3 fully saturated rings. The summed E-state index contributed by atoms with van der Waals surface area (Å²) < 4.78 is 21.8. The molecule has 3 rings (SSSR count). The molecule has 6 amide bonds. The molecule has 0 aliphatic carbocycles. The van der Waals surface area contributed by atoms with Crippen LogP contribution in [0.5, 0.6) is 0 Å². The Morgan fingerprint density at radius 3 is 1.48 bits per heavy atom. The van der Waals surface area contributed by atoms with Crippen molar-refractivity contribution < 1.29 is 97.6 Å². The van der Waals surface area contributed by atoms with Gasteiger partial charge >= 0.3 is 5.97 Å². The van der Waals surface area contributed by atoms with Crippen LogP contribution in [0.2, 0.25) is 0 Å². The van der Waals surface area contributed by atoms with Gasteiger partial charge in [-0.3, -0.25) is 43.3 Å². The van der Waals surface area contributed by atoms with Crippen molar-refractivity contribution in [2.24, 2.45) is 0 Å². The van der Waals surface area contributed by atoms with Crippen LogP contribution in [0, 0.1) is 0 Å². The second-order valence-corrected chi connectivity index (χ2v) is 22.4. The molecule has 0 aromatic rings. The lowest BCUT2D eigenvalue weighted by Gasteiger charge is -2.38. The van der Waals surface area contributed by atoms with Crippen LogP contribution in [-0.4, -0.2) is 214 Å². The molecule has 84 heavy (non-hydrogen) atoms. The quantitative estimate of drug-likeness (QED) is 0.0303. The summed E-state index contributed by atoms with van der Waals surface area (Å²) in [6.45, 7) is 4.25. The maximum atomic E-state index is 13.3. The second kappa shape index (κ2) is 42.3. The molecule has 0 aromatic carbocycles. The fourth-order valence-corrected chi connectivity index (χ4v) is 9.86. The van der Waals surface area contributed by atoms with E-state index in [-0.39, 0.29) is 134 Å². The van der Waals surface area contributed by atoms with Gasteiger partial charge in [-0.15, -0.1) is 5.06 Å². The SMILES string of the molecule is CCCCCCCCCCCCCCCCC(=O)N[C@@H](CCC(=O)ON1C(=O)CCC1=O)C(=O)NCCNC(=O)CCCCCCC(=O)CN(CC(=O)CCCO[C@@H]1O[C@@H](C)[C@@H](O)[C@@H](O)[C@@H]1O)CC(=O)NCCO[C@@H]1O[C@@H](C)[C@@H](O)[C@@H](O)[C@@H]1O. The molecular weight excluding hydrogens is 1100 g/mol. The Hall–Kier alpha value is -4.61. The van der Waals surface area contributed by atoms with E-state index in [1.54, 1.807) is 0 Å². The number of aliphatic hydroxyl groups excluding tert-OH is 6. The molecule has 0 bridgehead atoms. The van der Waals surface area contributed by atoms with Crippen molar-refractivity contribution in [1.82, 2.24) is 31.2 Å². The van der Waals surface area contributed by atoms with Crippen LogP contribution in [0.25, 0.3) is 0 Å². The van der Waals surface area contributed by atoms with Gasteiger partial charge in [-0.05, 0) is 46.0 Å². The van der Waals surface area contributed by atoms with Gasteiger partial charge in [0.05, 0.1) is 51.5 Å². The Morgan fingerprint density at radius 1 is 0.512 bits per heavy atom. The first-order valence-corrected chi connectivity index (χ1v) is 30.8. The molecule has 3 saturated heterocycles. The third-order valence-corrected chi connectivity index (χ3v) is 15.0. The smallest absolute Gasteiger partial charge is 0.333 e. The van der Waals surface area contributed by atoms with E-state index in [0.717, 1.165) is 25.7 Å². The topological polar surface area (TPSA) is 376 Å². The van der Waals surface area contributed by atoms with Crippen LogP contribution in [0.15, 0.2) is 0 Å². The number of nitrogens with zero attached hydrogens (tertiary/aromatic N) is 2. The van der Waals surface area contributed by atoms with Gasteiger partial charge in [-0.2, -0.15) is 0 Å². The Balaban J connectivity index is 1.38. The molecule has 10 N–H and O–H groups in total. The minimum atomic E-state index is -1.53. The van der Waals surface area contributed by atoms with Gasteiger partial charge in [0.15, 0.2) is 12.6 Å². The molecule has 26 nitrogen and oxygen atoms in total. The number of carbonyl (C=O) groups excluding carboxylic acids is 9. The van der Waals surface area contributed by atoms with Crippen molar-refractivity contribution in [2.45, 2.75) is 262 Å². The predicted octanol–water partition coefficient (Wildman–Crippen LogP) is 1.33. The van der Waals surface area contributed by atoms with E-state index < -0.39 is 97.1 Å². The molecule has 3 heterocycles. The molecule has 11 atom stereocenters. The zero-order valence-electron chi connectivity index (χ0n) is 49.9. The summed E-state index contributed by atoms with van der Waals surface area (Å²) in [5.41, 5.74) is 0. The van der Waals surface area contributed by atoms with Crippen molar-refractivity contribution in [3.05, 3.63) is 0 Å². The number of imide groups is 1. The van der Waals surface area contributed by atoms with E-state index in [0.29, 0.717) is 37.2 Å². The molecular formula is C58H100N6O20. The molecule has 482 valence electrons. The van der Waals surface area contributed by atoms with Gasteiger partial charge in [0, 0.05) is 58.2 Å². The third-order valence-electron chi connectivity index (χ3n) is 15.0. The van der Waals surface area contributed by atoms with E-state index in [9.17, 15) is 73.8 Å². The average molecular weight is 1200 g/mol. The van der Waals surface area contributed by atoms with Gasteiger partial charge in [0.1, 0.15) is 54.2 Å². The van der Waals surface area contributed by atoms with Crippen LogP contribution in [-0.2, 0) is 66.9 Å². The van der Waals surface area contributed by atoms with Crippen molar-refractivity contribution in [3.63, 3.8) is 0 Å². The summed E-state index contributed by atoms with van der Waals surface area (Å²) in [5.74, 6) is -4.51. The van der Waals surface area contributed by atoms with E-state index in [2.05, 4.69) is 28.2 Å². The highest BCUT2D eigenvalue weighted by atomic mass is 16.7. The summed E-state index contributed by atoms with van der Waals surface area (Å²) in [6, 6.07) is -1.13. The highest BCUT2D eigenvalue weighted by Gasteiger charge is 2.43. The van der Waals surface area contributed by atoms with Crippen molar-refractivity contribution in [3.8, 4) is 0 Å². The maximum absolute atomic E-state index is 13.3. The molecule has 0 unspecified atom stereocenters. The van der Waals surface area contributed by atoms with E-state index >= 15 is 0 Å². The number of rotatable bonds is 46. The summed E-state index contributed by atoms with van der Waals surface area (Å²) >= 11 is 0. The summed E-state index contributed by atoms with van der Waals surface area (Å²) in [5, 5.41) is 71.5. The van der Waals surface area contributed by atoms with E-state index in [4.69, 9.17) is 23.8 Å². The van der Waals surface area contributed by atoms with Crippen molar-refractivity contribution in [1.29, 1.82) is 0 Å². The highest BCUT2D eigenvalue weighted by Crippen LogP contribution is 2.24. The number of Topliss-reactive ketones (excluding diaryl/α,β-unsaturated/α-hetero) is 2. The standard InChI is InChI=1S/C58H100N6O20/c1-4-5-6-7-8-9-10-11-12-13-14-15-16-21-26-45(68)62-43(27-30-49(72)84-64-47(70)28-29-48(64)71)56(79)61-32-31-59-44(67)25-20-18-17-19-23-41(65)36-63(37-42(66)24-22-34-80-57-54(77)52(75)50(73)39(2)82-57)38-46(69)60-33-35-81-58-55(78)53(76)51(74)40(3)83-58/h39-40,43,50-55,57-58,73-78H,4-38H2,1-3H3,(H,59,67)(H,60,69)(H,61,79)(H,62,68)/t39-,40-,43-,50+,51+,52+,53+,54-,55-,57+,58+/m0/s1. The highest BCUT2D eigenvalue weighted by molar-refractivity contribution is 6.01. The van der Waals surface area contributed by atoms with Crippen LogP contribution in [0.1, 0.15) is 194 Å². The summed E-state index contributed by atoms with van der Waals surface area (Å²) in [6.07, 6.45) is 5.65. The molecule has 0 saturated carbocycles. The van der Waals surface area contributed by atoms with Crippen LogP contribution in [0.4, 0.5) is 0 Å². The van der Waals surface area contributed by atoms with Crippen molar-refractivity contribution in [2.75, 3.05) is 52.5 Å². The lowest BCUT2D eigenvalue weighted by atomic mass is 10.0. The summed E-state index contributed by atoms with van der Waals surface area (Å²) in [4.78, 5) is 121. The Kier molecular flexibility index (Phi) is 37.1. The monoisotopic (exact) mass is 1200 g/mol. The number of amides is 6. The molecule has 0 spiro atoms. The van der Waals surface area contributed by atoms with E-state index in [1.807, 2.05) is 0 Å². The number of hydroxylamine groups is 2. The Bertz CT molecular complexity index is 1930. The number of ether oxygens (including phenoxy) is 4. The minimum Gasteiger partial charge on any atom is -0.388 e. The first kappa shape index (κ1) is 73.6. The number of hydrogen-bond acceptors (Lipinski definition) is 21. The number of nitrogens with one attached hydrogen (secondary N) is 4. The van der Waals surface area contributed by atoms with Crippen LogP contribution < -0.4 is 21.3 Å². The van der Waals surface area contributed by atoms with Gasteiger partial charge in [-0.25, -0.2) is 4.79 Å². The molecule has 0 radical (unpaired) electrons. The second-order valence-electron chi connectivity index (χ2n) is 22.4. The first-order valence-electron chi connectivity index (χ1n) is 30.8. The molecule has 0 aromatic heterocycles. The van der Waals surface area contributed by atoms with Crippen LogP contribution >= 0.6 is 0 Å². The zero-order chi connectivity index (χ0) is 61.8. The van der Waals surface area contributed by atoms with Gasteiger partial charge in [0.25, 0.3) is 11.8 Å². The van der Waals surface area contributed by atoms with Crippen molar-refractivity contribution >= 4 is 53.0 Å². The maximum Gasteiger partial charge on any atom is 0.333 e. The number of carbonyl (C=O) groups is 9. The third kappa shape index (κ3) is 29.7. The fourth-order valence-electron chi connectivity index (χ4n) is 9.86. The van der Waals surface area contributed by atoms with Gasteiger partial charge in [0.2, 0.25) is 23.6 Å². The zero-order valence-corrected chi connectivity index (χ0v) is 49.9. The molecule has 26 heteroatoms. The number of aliphatic hydroxyl groups is 6. The van der Waals surface area contributed by atoms with Gasteiger partial charge < -0.3 is 75.7 Å². The molecule has 3 aliphatic rings. The largest absolute Gasteiger partial charge is 0.388 e. The van der Waals surface area contributed by atoms with E-state index in [1.165, 1.54) is 76.5 Å². The normalized spacial score (nSPS) is 23.8. The number of unbranched alkanes of at least 4 members (excludes halogenated alkanes) is 16. The van der Waals surface area contributed by atoms with Crippen LogP contribution in [0.3, 0.4) is 0 Å². The number of hydrogen-bond donors (Lipinski definition) is 10. The first-order chi connectivity index (χ1) is 40.2. The predicted molar refractivity (Wildman–Crippen MR) is 302 cm³/mol. The fraction of sp³-hybridized carbons (Fsp3) is 0.845. The lowest BCUT2D eigenvalue weighted by molar-refractivity contribution is -0.293. The Morgan fingerprint density at radius 2 is 0.952 bits per heavy atom. The van der Waals surface area contributed by atoms with Gasteiger partial charge in [-0.1, -0.05) is 103 Å². The summed E-state index contributed by atoms with van der Waals surface area (Å²) in [7, 11) is 0. The Labute approximate surface area is 494 Å². The average Bonchev–Trinajstić information content (AvgIpc) is 3.84. The lowest BCUT2D eigenvalue weighted by Crippen LogP contribution is -2.57. The minimum absolute atomic E-state index is 0.0171. The molecule has 3 aliphatic heterocycles.